The zero-order valence-corrected chi connectivity index (χ0v) is 15.9. The minimum absolute atomic E-state index is 0.264. The minimum atomic E-state index is -0.517. The lowest BCUT2D eigenvalue weighted by atomic mass is 10.2. The third kappa shape index (κ3) is 3.23. The number of thiazole rings is 1. The summed E-state index contributed by atoms with van der Waals surface area (Å²) >= 11 is 1.46. The Labute approximate surface area is 163 Å². The first-order valence-corrected chi connectivity index (χ1v) is 9.12. The molecule has 0 bridgehead atoms. The molecule has 0 spiro atoms. The lowest BCUT2D eigenvalue weighted by molar-refractivity contribution is 0.0600. The number of pyridine rings is 2. The second kappa shape index (κ2) is 7.20. The largest absolute Gasteiger partial charge is 0.465 e. The molecule has 0 aliphatic carbocycles. The molecule has 1 N–H and O–H groups in total. The first-order valence-electron chi connectivity index (χ1n) is 8.30. The van der Waals surface area contributed by atoms with Gasteiger partial charge in [-0.3, -0.25) is 14.8 Å². The molecule has 0 aromatic carbocycles. The number of methoxy groups -OCH3 is 1. The topological polar surface area (TPSA) is 98.5 Å². The lowest BCUT2D eigenvalue weighted by Gasteiger charge is -2.08. The van der Waals surface area contributed by atoms with E-state index < -0.39 is 5.97 Å². The van der Waals surface area contributed by atoms with Gasteiger partial charge in [0.15, 0.2) is 0 Å². The predicted molar refractivity (Wildman–Crippen MR) is 105 cm³/mol. The number of fused-ring (bicyclic) bond motifs is 1. The van der Waals surface area contributed by atoms with E-state index in [4.69, 9.17) is 4.74 Å². The Hall–Kier alpha value is -3.59. The van der Waals surface area contributed by atoms with Crippen LogP contribution in [0.1, 0.15) is 26.4 Å². The number of rotatable bonds is 4. The number of aromatic nitrogens is 4. The molecular formula is C19H15N5O3S. The summed E-state index contributed by atoms with van der Waals surface area (Å²) < 4.78 is 6.37. The summed E-state index contributed by atoms with van der Waals surface area (Å²) in [6.45, 7) is 1.75. The highest BCUT2D eigenvalue weighted by molar-refractivity contribution is 7.21. The fraction of sp³-hybridized carbons (Fsp3) is 0.105. The van der Waals surface area contributed by atoms with Gasteiger partial charge in [-0.2, -0.15) is 5.10 Å². The molecule has 4 aromatic rings. The van der Waals surface area contributed by atoms with Gasteiger partial charge in [-0.05, 0) is 30.7 Å². The quantitative estimate of drug-likeness (QED) is 0.535. The zero-order chi connectivity index (χ0) is 19.7. The van der Waals surface area contributed by atoms with Crippen molar-refractivity contribution in [3.05, 3.63) is 66.0 Å². The smallest absolute Gasteiger partial charge is 0.339 e. The van der Waals surface area contributed by atoms with E-state index in [-0.39, 0.29) is 11.5 Å². The third-order valence-corrected chi connectivity index (χ3v) is 5.32. The first-order chi connectivity index (χ1) is 13.6. The van der Waals surface area contributed by atoms with E-state index in [1.54, 1.807) is 29.9 Å². The number of carbonyl (C=O) groups is 2. The van der Waals surface area contributed by atoms with Gasteiger partial charge in [0, 0.05) is 24.8 Å². The summed E-state index contributed by atoms with van der Waals surface area (Å²) in [7, 11) is 1.29. The minimum Gasteiger partial charge on any atom is -0.465 e. The number of esters is 1. The van der Waals surface area contributed by atoms with Crippen LogP contribution in [0.3, 0.4) is 0 Å². The van der Waals surface area contributed by atoms with E-state index in [0.717, 1.165) is 15.3 Å². The van der Waals surface area contributed by atoms with Crippen molar-refractivity contribution in [2.24, 2.45) is 0 Å². The summed E-state index contributed by atoms with van der Waals surface area (Å²) in [4.78, 5) is 34.4. The van der Waals surface area contributed by atoms with Crippen LogP contribution in [0.2, 0.25) is 0 Å². The van der Waals surface area contributed by atoms with Crippen molar-refractivity contribution in [2.45, 2.75) is 6.92 Å². The van der Waals surface area contributed by atoms with Crippen LogP contribution in [0.5, 0.6) is 0 Å². The van der Waals surface area contributed by atoms with Crippen molar-refractivity contribution >= 4 is 33.7 Å². The molecule has 0 aliphatic heterocycles. The molecule has 140 valence electrons. The molecule has 4 aromatic heterocycles. The second-order valence-electron chi connectivity index (χ2n) is 5.94. The second-order valence-corrected chi connectivity index (χ2v) is 6.97. The molecule has 0 aliphatic rings. The molecule has 0 unspecified atom stereocenters. The first kappa shape index (κ1) is 17.8. The van der Waals surface area contributed by atoms with Crippen molar-refractivity contribution in [3.63, 3.8) is 0 Å². The van der Waals surface area contributed by atoms with Gasteiger partial charge in [0.1, 0.15) is 4.83 Å². The summed E-state index contributed by atoms with van der Waals surface area (Å²) in [5.41, 5.74) is 2.74. The Morgan fingerprint density at radius 1 is 1.21 bits per heavy atom. The van der Waals surface area contributed by atoms with E-state index >= 15 is 0 Å². The molecular weight excluding hydrogens is 378 g/mol. The van der Waals surface area contributed by atoms with Gasteiger partial charge in [0.25, 0.3) is 5.91 Å². The maximum absolute atomic E-state index is 12.8. The Kier molecular flexibility index (Phi) is 4.58. The average molecular weight is 393 g/mol. The Balaban J connectivity index is 1.65. The Morgan fingerprint density at radius 3 is 2.75 bits per heavy atom. The Bertz CT molecular complexity index is 1180. The number of hydrogen-bond donors (Lipinski definition) is 1. The van der Waals surface area contributed by atoms with Gasteiger partial charge in [-0.25, -0.2) is 9.31 Å². The highest BCUT2D eigenvalue weighted by Gasteiger charge is 2.18. The number of nitrogens with one attached hydrogen (secondary N) is 1. The maximum Gasteiger partial charge on any atom is 0.339 e. The summed E-state index contributed by atoms with van der Waals surface area (Å²) in [5, 5.41) is 7.08. The van der Waals surface area contributed by atoms with E-state index in [2.05, 4.69) is 20.4 Å². The number of nitrogens with zero attached hydrogens (tertiary/aromatic N) is 4. The Morgan fingerprint density at radius 2 is 2.00 bits per heavy atom. The fourth-order valence-electron chi connectivity index (χ4n) is 2.67. The molecule has 9 heteroatoms. The van der Waals surface area contributed by atoms with Gasteiger partial charge < -0.3 is 10.1 Å². The van der Waals surface area contributed by atoms with Gasteiger partial charge >= 0.3 is 5.97 Å². The number of carbonyl (C=O) groups excluding carboxylic acids is 2. The summed E-state index contributed by atoms with van der Waals surface area (Å²) in [6.07, 6.45) is 8.24. The van der Waals surface area contributed by atoms with E-state index in [1.807, 2.05) is 18.3 Å². The van der Waals surface area contributed by atoms with Crippen LogP contribution in [0.25, 0.3) is 15.3 Å². The molecule has 1 amide bonds. The SMILES string of the molecule is COC(=O)c1cnc(C)c(NC(=O)c2cnn3cc(-c4ccncc4)sc23)c1. The lowest BCUT2D eigenvalue weighted by Crippen LogP contribution is -2.14. The average Bonchev–Trinajstić information content (AvgIpc) is 3.30. The molecule has 28 heavy (non-hydrogen) atoms. The van der Waals surface area contributed by atoms with Crippen molar-refractivity contribution in [1.29, 1.82) is 0 Å². The van der Waals surface area contributed by atoms with Crippen LogP contribution < -0.4 is 5.32 Å². The van der Waals surface area contributed by atoms with Crippen LogP contribution in [0, 0.1) is 6.92 Å². The molecule has 0 saturated carbocycles. The van der Waals surface area contributed by atoms with Crippen molar-refractivity contribution in [2.75, 3.05) is 12.4 Å². The molecule has 0 atom stereocenters. The number of hydrogen-bond acceptors (Lipinski definition) is 7. The standard InChI is InChI=1S/C19H15N5O3S/c1-11-15(7-13(8-21-11)19(26)27-2)23-17(25)14-9-22-24-10-16(28-18(14)24)12-3-5-20-6-4-12/h3-10H,1-2H3,(H,23,25). The van der Waals surface area contributed by atoms with Gasteiger partial charge in [-0.1, -0.05) is 0 Å². The number of ether oxygens (including phenoxy) is 1. The molecule has 4 heterocycles. The molecule has 8 nitrogen and oxygen atoms in total. The summed E-state index contributed by atoms with van der Waals surface area (Å²) in [6, 6.07) is 5.35. The van der Waals surface area contributed by atoms with Crippen molar-refractivity contribution < 1.29 is 14.3 Å². The highest BCUT2D eigenvalue weighted by Crippen LogP contribution is 2.30. The molecule has 0 radical (unpaired) electrons. The van der Waals surface area contributed by atoms with Crippen LogP contribution in [-0.4, -0.2) is 38.6 Å². The van der Waals surface area contributed by atoms with Crippen LogP contribution in [0.4, 0.5) is 5.69 Å². The van der Waals surface area contributed by atoms with E-state index in [1.165, 1.54) is 30.8 Å². The van der Waals surface area contributed by atoms with Gasteiger partial charge in [0.05, 0.1) is 40.7 Å². The summed E-state index contributed by atoms with van der Waals surface area (Å²) in [5.74, 6) is -0.846. The van der Waals surface area contributed by atoms with Crippen LogP contribution in [0.15, 0.2) is 49.2 Å². The monoisotopic (exact) mass is 393 g/mol. The van der Waals surface area contributed by atoms with Crippen LogP contribution in [-0.2, 0) is 4.74 Å². The third-order valence-electron chi connectivity index (χ3n) is 4.16. The normalized spacial score (nSPS) is 10.8. The fourth-order valence-corrected chi connectivity index (χ4v) is 3.73. The van der Waals surface area contributed by atoms with Crippen molar-refractivity contribution in [1.82, 2.24) is 19.6 Å². The number of aryl methyl sites for hydroxylation is 1. The van der Waals surface area contributed by atoms with Gasteiger partial charge in [-0.15, -0.1) is 11.3 Å². The van der Waals surface area contributed by atoms with E-state index in [0.29, 0.717) is 16.9 Å². The zero-order valence-electron chi connectivity index (χ0n) is 15.0. The van der Waals surface area contributed by atoms with Crippen LogP contribution >= 0.6 is 11.3 Å². The highest BCUT2D eigenvalue weighted by atomic mass is 32.1. The molecule has 0 saturated heterocycles. The molecule has 4 rings (SSSR count). The van der Waals surface area contributed by atoms with Crippen molar-refractivity contribution in [3.8, 4) is 10.4 Å². The predicted octanol–water partition coefficient (Wildman–Crippen LogP) is 3.20. The maximum atomic E-state index is 12.8. The van der Waals surface area contributed by atoms with Gasteiger partial charge in [0.2, 0.25) is 0 Å². The number of amides is 1. The number of anilines is 1. The van der Waals surface area contributed by atoms with E-state index in [9.17, 15) is 9.59 Å². The molecule has 0 fully saturated rings.